The lowest BCUT2D eigenvalue weighted by atomic mass is 10.1. The first-order valence-corrected chi connectivity index (χ1v) is 10.5. The van der Waals surface area contributed by atoms with Crippen molar-refractivity contribution in [3.8, 4) is 5.69 Å². The molecule has 30 heavy (non-hydrogen) atoms. The molecule has 1 heterocycles. The van der Waals surface area contributed by atoms with Crippen molar-refractivity contribution in [3.63, 3.8) is 0 Å². The van der Waals surface area contributed by atoms with Crippen LogP contribution in [-0.4, -0.2) is 38.6 Å². The first kappa shape index (κ1) is 18.6. The molecule has 2 aromatic carbocycles. The zero-order valence-electron chi connectivity index (χ0n) is 16.7. The summed E-state index contributed by atoms with van der Waals surface area (Å²) in [5, 5.41) is 7.50. The van der Waals surface area contributed by atoms with E-state index in [0.717, 1.165) is 36.9 Å². The van der Waals surface area contributed by atoms with Gasteiger partial charge in [-0.05, 0) is 61.6 Å². The van der Waals surface area contributed by atoms with Crippen molar-refractivity contribution in [1.29, 1.82) is 0 Å². The lowest BCUT2D eigenvalue weighted by molar-refractivity contribution is 0.0723. The lowest BCUT2D eigenvalue weighted by Crippen LogP contribution is -2.33. The molecule has 2 fully saturated rings. The van der Waals surface area contributed by atoms with E-state index in [1.165, 1.54) is 0 Å². The van der Waals surface area contributed by atoms with E-state index in [2.05, 4.69) is 10.4 Å². The lowest BCUT2D eigenvalue weighted by Gasteiger charge is -2.21. The van der Waals surface area contributed by atoms with Crippen molar-refractivity contribution in [2.75, 3.05) is 0 Å². The molecule has 3 aromatic rings. The Morgan fingerprint density at radius 3 is 2.37 bits per heavy atom. The van der Waals surface area contributed by atoms with Gasteiger partial charge in [-0.25, -0.2) is 4.68 Å². The van der Waals surface area contributed by atoms with Crippen LogP contribution in [0.5, 0.6) is 0 Å². The first-order valence-electron chi connectivity index (χ1n) is 10.5. The molecule has 1 N–H and O–H groups in total. The Morgan fingerprint density at radius 1 is 0.967 bits per heavy atom. The monoisotopic (exact) mass is 400 g/mol. The fraction of sp³-hybridized carbons (Fsp3) is 0.292. The molecule has 5 rings (SSSR count). The molecule has 6 nitrogen and oxygen atoms in total. The average Bonchev–Trinajstić information content (AvgIpc) is 3.72. The summed E-state index contributed by atoms with van der Waals surface area (Å²) < 4.78 is 1.73. The molecule has 0 unspecified atom stereocenters. The molecule has 0 radical (unpaired) electrons. The largest absolute Gasteiger partial charge is 0.349 e. The van der Waals surface area contributed by atoms with Gasteiger partial charge in [0.25, 0.3) is 11.8 Å². The standard InChI is InChI=1S/C24H24N4O2/c29-23(25-19-10-11-19)18-8-6-17(7-9-18)16-27(20-12-13-20)24(30)22-14-15-28(26-22)21-4-2-1-3-5-21/h1-9,14-15,19-20H,10-13,16H2,(H,25,29). The van der Waals surface area contributed by atoms with Gasteiger partial charge in [0.1, 0.15) is 0 Å². The molecule has 0 bridgehead atoms. The van der Waals surface area contributed by atoms with Gasteiger partial charge in [-0.3, -0.25) is 9.59 Å². The minimum absolute atomic E-state index is 0.0226. The van der Waals surface area contributed by atoms with Crippen molar-refractivity contribution >= 4 is 11.8 Å². The zero-order valence-corrected chi connectivity index (χ0v) is 16.7. The average molecular weight is 400 g/mol. The number of hydrogen-bond donors (Lipinski definition) is 1. The molecule has 0 atom stereocenters. The number of benzene rings is 2. The SMILES string of the molecule is O=C(NC1CC1)c1ccc(CN(C(=O)c2ccn(-c3ccccc3)n2)C2CC2)cc1. The number of amides is 2. The predicted octanol–water partition coefficient (Wildman–Crippen LogP) is 3.57. The summed E-state index contributed by atoms with van der Waals surface area (Å²) in [6.45, 7) is 0.520. The highest BCUT2D eigenvalue weighted by Gasteiger charge is 2.34. The Hall–Kier alpha value is -3.41. The van der Waals surface area contributed by atoms with Crippen molar-refractivity contribution in [3.05, 3.63) is 83.7 Å². The van der Waals surface area contributed by atoms with Gasteiger partial charge in [0.05, 0.1) is 5.69 Å². The van der Waals surface area contributed by atoms with Gasteiger partial charge in [0.15, 0.2) is 5.69 Å². The quantitative estimate of drug-likeness (QED) is 0.659. The highest BCUT2D eigenvalue weighted by atomic mass is 16.2. The van der Waals surface area contributed by atoms with Crippen LogP contribution in [0.2, 0.25) is 0 Å². The van der Waals surface area contributed by atoms with Gasteiger partial charge >= 0.3 is 0 Å². The third kappa shape index (κ3) is 4.13. The minimum Gasteiger partial charge on any atom is -0.349 e. The highest BCUT2D eigenvalue weighted by molar-refractivity contribution is 5.94. The molecule has 0 saturated heterocycles. The molecule has 2 aliphatic carbocycles. The van der Waals surface area contributed by atoms with Gasteiger partial charge < -0.3 is 10.2 Å². The molecular weight excluding hydrogens is 376 g/mol. The molecule has 6 heteroatoms. The van der Waals surface area contributed by atoms with E-state index in [1.54, 1.807) is 10.7 Å². The van der Waals surface area contributed by atoms with Crippen molar-refractivity contribution in [2.24, 2.45) is 0 Å². The number of nitrogens with zero attached hydrogens (tertiary/aromatic N) is 3. The second kappa shape index (κ2) is 7.78. The van der Waals surface area contributed by atoms with Crippen LogP contribution in [0.15, 0.2) is 66.9 Å². The Kier molecular flexibility index (Phi) is 4.83. The van der Waals surface area contributed by atoms with Crippen LogP contribution in [0.4, 0.5) is 0 Å². The van der Waals surface area contributed by atoms with E-state index in [9.17, 15) is 9.59 Å². The third-order valence-electron chi connectivity index (χ3n) is 5.56. The number of aromatic nitrogens is 2. The maximum absolute atomic E-state index is 13.2. The van der Waals surface area contributed by atoms with E-state index in [4.69, 9.17) is 0 Å². The topological polar surface area (TPSA) is 67.2 Å². The molecule has 152 valence electrons. The normalized spacial score (nSPS) is 15.6. The summed E-state index contributed by atoms with van der Waals surface area (Å²) in [7, 11) is 0. The molecule has 0 spiro atoms. The van der Waals surface area contributed by atoms with Gasteiger partial charge in [0.2, 0.25) is 0 Å². The van der Waals surface area contributed by atoms with Crippen LogP contribution >= 0.6 is 0 Å². The molecule has 2 saturated carbocycles. The summed E-state index contributed by atoms with van der Waals surface area (Å²) in [5.41, 5.74) is 3.05. The predicted molar refractivity (Wildman–Crippen MR) is 113 cm³/mol. The molecular formula is C24H24N4O2. The maximum Gasteiger partial charge on any atom is 0.274 e. The number of carbonyl (C=O) groups excluding carboxylic acids is 2. The van der Waals surface area contributed by atoms with Crippen LogP contribution in [0.3, 0.4) is 0 Å². The molecule has 1 aromatic heterocycles. The van der Waals surface area contributed by atoms with Crippen LogP contribution in [0.1, 0.15) is 52.1 Å². The first-order chi connectivity index (χ1) is 14.7. The Balaban J connectivity index is 1.29. The van der Waals surface area contributed by atoms with E-state index >= 15 is 0 Å². The number of carbonyl (C=O) groups is 2. The van der Waals surface area contributed by atoms with Gasteiger partial charge in [-0.2, -0.15) is 5.10 Å². The van der Waals surface area contributed by atoms with Gasteiger partial charge in [-0.1, -0.05) is 30.3 Å². The van der Waals surface area contributed by atoms with E-state index in [0.29, 0.717) is 23.8 Å². The number of hydrogen-bond acceptors (Lipinski definition) is 3. The smallest absolute Gasteiger partial charge is 0.274 e. The van der Waals surface area contributed by atoms with Crippen LogP contribution in [0, 0.1) is 0 Å². The zero-order chi connectivity index (χ0) is 20.5. The van der Waals surface area contributed by atoms with Crippen LogP contribution < -0.4 is 5.32 Å². The Bertz CT molecular complexity index is 1050. The van der Waals surface area contributed by atoms with Crippen molar-refractivity contribution in [1.82, 2.24) is 20.0 Å². The molecule has 2 amide bonds. The Labute approximate surface area is 175 Å². The summed E-state index contributed by atoms with van der Waals surface area (Å²) in [6, 6.07) is 19.7. The summed E-state index contributed by atoms with van der Waals surface area (Å²) in [6.07, 6.45) is 6.01. The third-order valence-corrected chi connectivity index (χ3v) is 5.56. The van der Waals surface area contributed by atoms with Gasteiger partial charge in [0, 0.05) is 30.4 Å². The fourth-order valence-corrected chi connectivity index (χ4v) is 3.52. The van der Waals surface area contributed by atoms with E-state index in [-0.39, 0.29) is 17.9 Å². The fourth-order valence-electron chi connectivity index (χ4n) is 3.52. The van der Waals surface area contributed by atoms with E-state index < -0.39 is 0 Å². The summed E-state index contributed by atoms with van der Waals surface area (Å²) in [5.74, 6) is -0.0756. The number of nitrogens with one attached hydrogen (secondary N) is 1. The maximum atomic E-state index is 13.2. The Morgan fingerprint density at radius 2 is 1.70 bits per heavy atom. The molecule has 0 aliphatic heterocycles. The summed E-state index contributed by atoms with van der Waals surface area (Å²) in [4.78, 5) is 27.2. The highest BCUT2D eigenvalue weighted by Crippen LogP contribution is 2.30. The minimum atomic E-state index is -0.0530. The molecule has 2 aliphatic rings. The second-order valence-electron chi connectivity index (χ2n) is 8.09. The van der Waals surface area contributed by atoms with E-state index in [1.807, 2.05) is 65.7 Å². The van der Waals surface area contributed by atoms with Crippen LogP contribution in [-0.2, 0) is 6.54 Å². The summed E-state index contributed by atoms with van der Waals surface area (Å²) >= 11 is 0. The number of para-hydroxylation sites is 1. The van der Waals surface area contributed by atoms with Crippen LogP contribution in [0.25, 0.3) is 5.69 Å². The number of rotatable bonds is 7. The van der Waals surface area contributed by atoms with Crippen molar-refractivity contribution < 1.29 is 9.59 Å². The van der Waals surface area contributed by atoms with Gasteiger partial charge in [-0.15, -0.1) is 0 Å². The second-order valence-corrected chi connectivity index (χ2v) is 8.09. The van der Waals surface area contributed by atoms with Crippen molar-refractivity contribution in [2.45, 2.75) is 44.3 Å².